The average molecular weight is 302 g/mol. The molecule has 1 aliphatic heterocycles. The molecule has 0 aromatic heterocycles. The van der Waals surface area contributed by atoms with Gasteiger partial charge in [0.15, 0.2) is 0 Å². The van der Waals surface area contributed by atoms with Crippen molar-refractivity contribution in [3.63, 3.8) is 0 Å². The van der Waals surface area contributed by atoms with Gasteiger partial charge in [0, 0.05) is 24.6 Å². The van der Waals surface area contributed by atoms with Crippen LogP contribution in [0.4, 0.5) is 14.5 Å². The Hall–Kier alpha value is -0.640. The van der Waals surface area contributed by atoms with E-state index in [4.69, 9.17) is 0 Å². The molecule has 92 valence electrons. The molecule has 3 rings (SSSR count). The Morgan fingerprint density at radius 2 is 1.71 bits per heavy atom. The van der Waals surface area contributed by atoms with Crippen LogP contribution in [0.3, 0.4) is 0 Å². The van der Waals surface area contributed by atoms with Gasteiger partial charge in [-0.15, -0.1) is 0 Å². The van der Waals surface area contributed by atoms with E-state index < -0.39 is 5.82 Å². The molecular formula is C13H14BrF2N. The smallest absolute Gasteiger partial charge is 0.147 e. The largest absolute Gasteiger partial charge is 0.368 e. The maximum Gasteiger partial charge on any atom is 0.147 e. The van der Waals surface area contributed by atoms with E-state index in [9.17, 15) is 8.78 Å². The summed E-state index contributed by atoms with van der Waals surface area (Å²) in [6.45, 7) is 1.76. The molecule has 0 atom stereocenters. The Morgan fingerprint density at radius 1 is 1.06 bits per heavy atom. The lowest BCUT2D eigenvalue weighted by atomic mass is 9.78. The third kappa shape index (κ3) is 1.86. The van der Waals surface area contributed by atoms with E-state index in [0.29, 0.717) is 11.1 Å². The minimum absolute atomic E-state index is 0.190. The molecule has 0 radical (unpaired) electrons. The first kappa shape index (κ1) is 11.5. The van der Waals surface area contributed by atoms with Crippen molar-refractivity contribution in [2.75, 3.05) is 18.0 Å². The number of rotatable bonds is 1. The summed E-state index contributed by atoms with van der Waals surface area (Å²) in [4.78, 5) is 1.95. The van der Waals surface area contributed by atoms with Gasteiger partial charge < -0.3 is 4.90 Å². The third-order valence-electron chi connectivity index (χ3n) is 4.05. The minimum atomic E-state index is -0.395. The maximum atomic E-state index is 13.7. The molecule has 17 heavy (non-hydrogen) atoms. The second-order valence-corrected chi connectivity index (χ2v) is 6.14. The van der Waals surface area contributed by atoms with E-state index in [1.165, 1.54) is 37.8 Å². The standard InChI is InChI=1S/C13H14BrF2N/c14-9-5-11(16)12(6-10(9)15)17-7-13(8-17)3-1-2-4-13/h5-6H,1-4,7-8H2. The van der Waals surface area contributed by atoms with Crippen molar-refractivity contribution in [2.24, 2.45) is 5.41 Å². The Bertz CT molecular complexity index is 447. The molecule has 4 heteroatoms. The highest BCUT2D eigenvalue weighted by Crippen LogP contribution is 2.47. The number of benzene rings is 1. The Labute approximate surface area is 108 Å². The second-order valence-electron chi connectivity index (χ2n) is 5.28. The molecule has 1 aromatic carbocycles. The molecular weight excluding hydrogens is 288 g/mol. The molecule has 1 aromatic rings. The molecule has 1 saturated carbocycles. The molecule has 2 fully saturated rings. The van der Waals surface area contributed by atoms with Crippen molar-refractivity contribution in [1.82, 2.24) is 0 Å². The monoisotopic (exact) mass is 301 g/mol. The summed E-state index contributed by atoms with van der Waals surface area (Å²) in [7, 11) is 0. The molecule has 1 aliphatic carbocycles. The van der Waals surface area contributed by atoms with E-state index in [1.54, 1.807) is 0 Å². The molecule has 0 N–H and O–H groups in total. The van der Waals surface area contributed by atoms with Gasteiger partial charge in [0.05, 0.1) is 10.2 Å². The van der Waals surface area contributed by atoms with Crippen LogP contribution in [0.1, 0.15) is 25.7 Å². The van der Waals surface area contributed by atoms with Gasteiger partial charge >= 0.3 is 0 Å². The summed E-state index contributed by atoms with van der Waals surface area (Å²) < 4.78 is 27.3. The SMILES string of the molecule is Fc1cc(N2CC3(CCCC3)C2)c(F)cc1Br. The Morgan fingerprint density at radius 3 is 2.35 bits per heavy atom. The van der Waals surface area contributed by atoms with E-state index in [1.807, 2.05) is 4.90 Å². The number of hydrogen-bond donors (Lipinski definition) is 0. The van der Waals surface area contributed by atoms with Crippen molar-refractivity contribution < 1.29 is 8.78 Å². The minimum Gasteiger partial charge on any atom is -0.368 e. The quantitative estimate of drug-likeness (QED) is 0.706. The second kappa shape index (κ2) is 3.94. The highest BCUT2D eigenvalue weighted by Gasteiger charge is 2.45. The summed E-state index contributed by atoms with van der Waals surface area (Å²) in [5.74, 6) is -0.736. The van der Waals surface area contributed by atoms with E-state index in [0.717, 1.165) is 13.1 Å². The molecule has 0 amide bonds. The van der Waals surface area contributed by atoms with Gasteiger partial charge in [-0.25, -0.2) is 8.78 Å². The van der Waals surface area contributed by atoms with Gasteiger partial charge in [0.2, 0.25) is 0 Å². The highest BCUT2D eigenvalue weighted by molar-refractivity contribution is 9.10. The van der Waals surface area contributed by atoms with Gasteiger partial charge in [-0.2, -0.15) is 0 Å². The summed E-state index contributed by atoms with van der Waals surface area (Å²) >= 11 is 3.00. The Balaban J connectivity index is 1.80. The summed E-state index contributed by atoms with van der Waals surface area (Å²) in [6, 6.07) is 2.51. The lowest BCUT2D eigenvalue weighted by molar-refractivity contribution is 0.220. The average Bonchev–Trinajstić information content (AvgIpc) is 2.70. The Kier molecular flexibility index (Phi) is 2.65. The third-order valence-corrected chi connectivity index (χ3v) is 4.65. The highest BCUT2D eigenvalue weighted by atomic mass is 79.9. The zero-order valence-electron chi connectivity index (χ0n) is 9.48. The number of hydrogen-bond acceptors (Lipinski definition) is 1. The number of anilines is 1. The van der Waals surface area contributed by atoms with Crippen LogP contribution in [0.2, 0.25) is 0 Å². The number of halogens is 3. The van der Waals surface area contributed by atoms with Gasteiger partial charge in [0.25, 0.3) is 0 Å². The summed E-state index contributed by atoms with van der Waals surface area (Å²) in [5, 5.41) is 0. The fraction of sp³-hybridized carbons (Fsp3) is 0.538. The fourth-order valence-electron chi connectivity index (χ4n) is 3.13. The van der Waals surface area contributed by atoms with Crippen molar-refractivity contribution in [3.8, 4) is 0 Å². The predicted octanol–water partition coefficient (Wildman–Crippen LogP) is 4.11. The van der Waals surface area contributed by atoms with Gasteiger partial charge in [-0.3, -0.25) is 0 Å². The van der Waals surface area contributed by atoms with E-state index >= 15 is 0 Å². The molecule has 1 saturated heterocycles. The topological polar surface area (TPSA) is 3.24 Å². The van der Waals surface area contributed by atoms with Crippen molar-refractivity contribution >= 4 is 21.6 Å². The zero-order chi connectivity index (χ0) is 12.0. The predicted molar refractivity (Wildman–Crippen MR) is 67.2 cm³/mol. The van der Waals surface area contributed by atoms with Crippen LogP contribution in [0.5, 0.6) is 0 Å². The van der Waals surface area contributed by atoms with E-state index in [2.05, 4.69) is 15.9 Å². The molecule has 1 spiro atoms. The molecule has 2 aliphatic rings. The van der Waals surface area contributed by atoms with Crippen LogP contribution in [-0.2, 0) is 0 Å². The first-order chi connectivity index (χ1) is 8.10. The lowest BCUT2D eigenvalue weighted by Gasteiger charge is -2.49. The zero-order valence-corrected chi connectivity index (χ0v) is 11.1. The van der Waals surface area contributed by atoms with Crippen molar-refractivity contribution in [2.45, 2.75) is 25.7 Å². The van der Waals surface area contributed by atoms with Gasteiger partial charge in [-0.1, -0.05) is 12.8 Å². The number of nitrogens with zero attached hydrogens (tertiary/aromatic N) is 1. The molecule has 0 bridgehead atoms. The molecule has 0 unspecified atom stereocenters. The first-order valence-corrected chi connectivity index (χ1v) is 6.78. The van der Waals surface area contributed by atoms with Crippen LogP contribution < -0.4 is 4.90 Å². The van der Waals surface area contributed by atoms with Crippen LogP contribution in [0.25, 0.3) is 0 Å². The van der Waals surface area contributed by atoms with Crippen LogP contribution in [0, 0.1) is 17.0 Å². The van der Waals surface area contributed by atoms with Gasteiger partial charge in [-0.05, 0) is 34.8 Å². The summed E-state index contributed by atoms with van der Waals surface area (Å²) in [6.07, 6.45) is 5.05. The summed E-state index contributed by atoms with van der Waals surface area (Å²) in [5.41, 5.74) is 0.805. The maximum absolute atomic E-state index is 13.7. The normalized spacial score (nSPS) is 21.9. The molecule has 1 heterocycles. The van der Waals surface area contributed by atoms with Crippen LogP contribution >= 0.6 is 15.9 Å². The first-order valence-electron chi connectivity index (χ1n) is 5.99. The van der Waals surface area contributed by atoms with Crippen LogP contribution in [-0.4, -0.2) is 13.1 Å². The lowest BCUT2D eigenvalue weighted by Crippen LogP contribution is -2.55. The van der Waals surface area contributed by atoms with Crippen molar-refractivity contribution in [1.29, 1.82) is 0 Å². The molecule has 1 nitrogen and oxygen atoms in total. The van der Waals surface area contributed by atoms with Gasteiger partial charge in [0.1, 0.15) is 11.6 Å². The van der Waals surface area contributed by atoms with Crippen LogP contribution in [0.15, 0.2) is 16.6 Å². The van der Waals surface area contributed by atoms with Crippen molar-refractivity contribution in [3.05, 3.63) is 28.2 Å². The van der Waals surface area contributed by atoms with E-state index in [-0.39, 0.29) is 10.3 Å². The fourth-order valence-corrected chi connectivity index (χ4v) is 3.44.